The summed E-state index contributed by atoms with van der Waals surface area (Å²) in [5.41, 5.74) is 6.02. The summed E-state index contributed by atoms with van der Waals surface area (Å²) in [5, 5.41) is 10.6. The van der Waals surface area contributed by atoms with Crippen LogP contribution in [0.25, 0.3) is 0 Å². The van der Waals surface area contributed by atoms with Gasteiger partial charge in [0.2, 0.25) is 0 Å². The zero-order valence-corrected chi connectivity index (χ0v) is 8.44. The topological polar surface area (TPSA) is 69.2 Å². The molecular weight excluding hydrogens is 199 g/mol. The molecule has 4 nitrogen and oxygen atoms in total. The number of nitro groups is 1. The summed E-state index contributed by atoms with van der Waals surface area (Å²) < 4.78 is 13.4. The van der Waals surface area contributed by atoms with Gasteiger partial charge in [-0.1, -0.05) is 12.1 Å². The number of nitrogens with two attached hydrogens (primary N) is 1. The summed E-state index contributed by atoms with van der Waals surface area (Å²) >= 11 is 0. The molecule has 1 rings (SSSR count). The molecule has 0 aliphatic heterocycles. The molecular formula is C10H13FN2O2. The fourth-order valence-corrected chi connectivity index (χ4v) is 1.33. The predicted octanol–water partition coefficient (Wildman–Crippen LogP) is 2.26. The Labute approximate surface area is 87.0 Å². The second-order valence-corrected chi connectivity index (χ2v) is 3.35. The van der Waals surface area contributed by atoms with Crippen LogP contribution in [-0.4, -0.2) is 11.5 Å². The number of alkyl halides is 1. The third kappa shape index (κ3) is 2.73. The maximum atomic E-state index is 13.4. The number of halogens is 1. The summed E-state index contributed by atoms with van der Waals surface area (Å²) in [6.45, 7) is 1.85. The minimum absolute atomic E-state index is 0.0489. The van der Waals surface area contributed by atoms with Crippen LogP contribution in [-0.2, 0) is 0 Å². The van der Waals surface area contributed by atoms with Crippen LogP contribution in [0.2, 0.25) is 0 Å². The van der Waals surface area contributed by atoms with E-state index >= 15 is 0 Å². The van der Waals surface area contributed by atoms with Gasteiger partial charge in [-0.25, -0.2) is 4.39 Å². The lowest BCUT2D eigenvalue weighted by molar-refractivity contribution is -0.385. The highest BCUT2D eigenvalue weighted by molar-refractivity contribution is 5.43. The van der Waals surface area contributed by atoms with E-state index in [1.807, 2.05) is 0 Å². The zero-order chi connectivity index (χ0) is 11.4. The van der Waals surface area contributed by atoms with Crippen molar-refractivity contribution >= 4 is 5.69 Å². The minimum atomic E-state index is -1.23. The first-order chi connectivity index (χ1) is 7.06. The molecule has 82 valence electrons. The molecule has 0 bridgehead atoms. The molecule has 0 spiro atoms. The Morgan fingerprint density at radius 3 is 2.80 bits per heavy atom. The normalized spacial score (nSPS) is 12.5. The van der Waals surface area contributed by atoms with Crippen LogP contribution >= 0.6 is 0 Å². The lowest BCUT2D eigenvalue weighted by Crippen LogP contribution is -2.04. The van der Waals surface area contributed by atoms with Crippen LogP contribution in [0.1, 0.15) is 23.7 Å². The highest BCUT2D eigenvalue weighted by Gasteiger charge is 2.15. The first-order valence-electron chi connectivity index (χ1n) is 4.65. The largest absolute Gasteiger partial charge is 0.330 e. The van der Waals surface area contributed by atoms with Crippen molar-refractivity contribution in [3.8, 4) is 0 Å². The van der Waals surface area contributed by atoms with Crippen molar-refractivity contribution in [2.45, 2.75) is 19.5 Å². The number of rotatable bonds is 4. The van der Waals surface area contributed by atoms with Gasteiger partial charge in [-0.05, 0) is 25.5 Å². The van der Waals surface area contributed by atoms with Gasteiger partial charge in [0.25, 0.3) is 5.69 Å². The van der Waals surface area contributed by atoms with Gasteiger partial charge in [-0.15, -0.1) is 0 Å². The Hall–Kier alpha value is -1.49. The zero-order valence-electron chi connectivity index (χ0n) is 8.44. The van der Waals surface area contributed by atoms with Gasteiger partial charge in [0.05, 0.1) is 4.92 Å². The lowest BCUT2D eigenvalue weighted by Gasteiger charge is -2.07. The average Bonchev–Trinajstić information content (AvgIpc) is 2.18. The second kappa shape index (κ2) is 4.84. The molecule has 0 aromatic heterocycles. The summed E-state index contributed by atoms with van der Waals surface area (Å²) in [6.07, 6.45) is -1.05. The third-order valence-corrected chi connectivity index (χ3v) is 2.21. The smallest absolute Gasteiger partial charge is 0.272 e. The number of hydrogen-bond acceptors (Lipinski definition) is 3. The lowest BCUT2D eigenvalue weighted by atomic mass is 10.0. The maximum absolute atomic E-state index is 13.4. The van der Waals surface area contributed by atoms with Crippen molar-refractivity contribution < 1.29 is 9.31 Å². The van der Waals surface area contributed by atoms with E-state index in [0.29, 0.717) is 11.1 Å². The molecule has 0 aliphatic carbocycles. The van der Waals surface area contributed by atoms with Crippen LogP contribution < -0.4 is 5.73 Å². The number of nitro benzene ring substituents is 1. The van der Waals surface area contributed by atoms with E-state index in [1.54, 1.807) is 19.1 Å². The van der Waals surface area contributed by atoms with Crippen molar-refractivity contribution in [3.05, 3.63) is 39.4 Å². The molecule has 15 heavy (non-hydrogen) atoms. The van der Waals surface area contributed by atoms with E-state index in [-0.39, 0.29) is 18.7 Å². The van der Waals surface area contributed by atoms with Crippen molar-refractivity contribution in [1.82, 2.24) is 0 Å². The van der Waals surface area contributed by atoms with Gasteiger partial charge in [-0.3, -0.25) is 10.1 Å². The Morgan fingerprint density at radius 2 is 2.27 bits per heavy atom. The maximum Gasteiger partial charge on any atom is 0.272 e. The summed E-state index contributed by atoms with van der Waals surface area (Å²) in [5.74, 6) is 0. The van der Waals surface area contributed by atoms with E-state index in [2.05, 4.69) is 0 Å². The highest BCUT2D eigenvalue weighted by Crippen LogP contribution is 2.26. The molecule has 0 saturated carbocycles. The molecule has 1 unspecified atom stereocenters. The summed E-state index contributed by atoms with van der Waals surface area (Å²) in [4.78, 5) is 10.1. The van der Waals surface area contributed by atoms with Gasteiger partial charge in [0.15, 0.2) is 0 Å². The Bertz CT molecular complexity index is 368. The molecule has 0 fully saturated rings. The Balaban J connectivity index is 3.02. The molecule has 0 aliphatic rings. The molecule has 1 aromatic rings. The van der Waals surface area contributed by atoms with Gasteiger partial charge >= 0.3 is 0 Å². The van der Waals surface area contributed by atoms with E-state index in [9.17, 15) is 14.5 Å². The number of hydrogen-bond donors (Lipinski definition) is 1. The fraction of sp³-hybridized carbons (Fsp3) is 0.400. The van der Waals surface area contributed by atoms with Crippen LogP contribution in [0.4, 0.5) is 10.1 Å². The van der Waals surface area contributed by atoms with Gasteiger partial charge in [-0.2, -0.15) is 0 Å². The SMILES string of the molecule is Cc1ccc(C(F)CCN)cc1[N+](=O)[O-]. The number of nitrogens with zero attached hydrogens (tertiary/aromatic N) is 1. The number of aryl methyl sites for hydroxylation is 1. The molecule has 1 aromatic carbocycles. The fourth-order valence-electron chi connectivity index (χ4n) is 1.33. The van der Waals surface area contributed by atoms with Gasteiger partial charge in [0, 0.05) is 11.6 Å². The molecule has 0 amide bonds. The first-order valence-corrected chi connectivity index (χ1v) is 4.65. The Morgan fingerprint density at radius 1 is 1.60 bits per heavy atom. The van der Waals surface area contributed by atoms with Crippen LogP contribution in [0.15, 0.2) is 18.2 Å². The van der Waals surface area contributed by atoms with Crippen LogP contribution in [0.3, 0.4) is 0 Å². The monoisotopic (exact) mass is 212 g/mol. The quantitative estimate of drug-likeness (QED) is 0.614. The minimum Gasteiger partial charge on any atom is -0.330 e. The molecule has 5 heteroatoms. The van der Waals surface area contributed by atoms with Crippen molar-refractivity contribution in [2.24, 2.45) is 5.73 Å². The first kappa shape index (κ1) is 11.6. The summed E-state index contributed by atoms with van der Waals surface area (Å²) in [6, 6.07) is 4.38. The molecule has 0 heterocycles. The van der Waals surface area contributed by atoms with E-state index in [1.165, 1.54) is 6.07 Å². The predicted molar refractivity (Wildman–Crippen MR) is 55.4 cm³/mol. The molecule has 1 atom stereocenters. The molecule has 0 saturated heterocycles. The number of benzene rings is 1. The molecule has 2 N–H and O–H groups in total. The van der Waals surface area contributed by atoms with Crippen LogP contribution in [0.5, 0.6) is 0 Å². The van der Waals surface area contributed by atoms with Crippen molar-refractivity contribution in [3.63, 3.8) is 0 Å². The second-order valence-electron chi connectivity index (χ2n) is 3.35. The van der Waals surface area contributed by atoms with Gasteiger partial charge < -0.3 is 5.73 Å². The highest BCUT2D eigenvalue weighted by atomic mass is 19.1. The van der Waals surface area contributed by atoms with Gasteiger partial charge in [0.1, 0.15) is 6.17 Å². The van der Waals surface area contributed by atoms with E-state index < -0.39 is 11.1 Å². The third-order valence-electron chi connectivity index (χ3n) is 2.21. The summed E-state index contributed by atoms with van der Waals surface area (Å²) in [7, 11) is 0. The standard InChI is InChI=1S/C10H13FN2O2/c1-7-2-3-8(9(11)4-5-12)6-10(7)13(14)15/h2-3,6,9H,4-5,12H2,1H3. The molecule has 0 radical (unpaired) electrons. The van der Waals surface area contributed by atoms with Crippen LogP contribution in [0, 0.1) is 17.0 Å². The van der Waals surface area contributed by atoms with Crippen molar-refractivity contribution in [1.29, 1.82) is 0 Å². The Kier molecular flexibility index (Phi) is 3.74. The van der Waals surface area contributed by atoms with E-state index in [4.69, 9.17) is 5.73 Å². The average molecular weight is 212 g/mol. The van der Waals surface area contributed by atoms with Crippen molar-refractivity contribution in [2.75, 3.05) is 6.54 Å². The van der Waals surface area contributed by atoms with E-state index in [0.717, 1.165) is 0 Å².